The first-order chi connectivity index (χ1) is 18.1. The zero-order valence-electron chi connectivity index (χ0n) is 20.7. The number of nitrogens with zero attached hydrogens (tertiary/aromatic N) is 1. The average molecular weight is 494 g/mol. The second-order valence-corrected chi connectivity index (χ2v) is 8.53. The molecule has 0 spiro atoms. The Balaban J connectivity index is 1.75. The van der Waals surface area contributed by atoms with Crippen molar-refractivity contribution in [2.75, 3.05) is 12.0 Å². The summed E-state index contributed by atoms with van der Waals surface area (Å²) in [5, 5.41) is 18.1. The number of esters is 1. The molecule has 0 aromatic heterocycles. The number of para-hydroxylation sites is 1. The molecule has 37 heavy (non-hydrogen) atoms. The number of carbonyl (C=O) groups is 1. The summed E-state index contributed by atoms with van der Waals surface area (Å²) in [6.45, 7) is 2.07. The van der Waals surface area contributed by atoms with Crippen molar-refractivity contribution in [3.8, 4) is 5.75 Å². The molecule has 4 aromatic rings. The van der Waals surface area contributed by atoms with Gasteiger partial charge in [-0.3, -0.25) is 15.5 Å². The molecule has 0 aliphatic rings. The fraction of sp³-hybridized carbons (Fsp3) is 0.161. The van der Waals surface area contributed by atoms with Crippen LogP contribution < -0.4 is 10.7 Å². The number of ether oxygens (including phenoxy) is 1. The van der Waals surface area contributed by atoms with E-state index in [-0.39, 0.29) is 18.3 Å². The molecule has 4 rings (SSSR count). The minimum absolute atomic E-state index is 0.178. The predicted octanol–water partition coefficient (Wildman–Crippen LogP) is 5.71. The summed E-state index contributed by atoms with van der Waals surface area (Å²) in [4.78, 5) is 13.1. The quantitative estimate of drug-likeness (QED) is 0.142. The number of carbonyl (C=O) groups excluding carboxylic acids is 1. The van der Waals surface area contributed by atoms with E-state index >= 15 is 0 Å². The normalized spacial score (nSPS) is 12.9. The van der Waals surface area contributed by atoms with Crippen LogP contribution in [0.4, 0.5) is 5.69 Å². The maximum atomic E-state index is 13.1. The van der Waals surface area contributed by atoms with Crippen LogP contribution in [0.3, 0.4) is 0 Å². The molecule has 2 atom stereocenters. The van der Waals surface area contributed by atoms with Gasteiger partial charge >= 0.3 is 5.97 Å². The van der Waals surface area contributed by atoms with Crippen LogP contribution in [0.1, 0.15) is 29.7 Å². The highest BCUT2D eigenvalue weighted by atomic mass is 16.5. The van der Waals surface area contributed by atoms with Crippen LogP contribution in [0, 0.1) is 0 Å². The number of hydrogen-bond acceptors (Lipinski definition) is 6. The van der Waals surface area contributed by atoms with Gasteiger partial charge in [-0.2, -0.15) is 5.10 Å². The largest absolute Gasteiger partial charge is 0.508 e. The predicted molar refractivity (Wildman–Crippen MR) is 148 cm³/mol. The van der Waals surface area contributed by atoms with Gasteiger partial charge in [0.15, 0.2) is 0 Å². The molecule has 188 valence electrons. The molecule has 0 aliphatic carbocycles. The minimum atomic E-state index is -0.652. The van der Waals surface area contributed by atoms with Crippen LogP contribution in [0.25, 0.3) is 0 Å². The van der Waals surface area contributed by atoms with Crippen LogP contribution in [-0.4, -0.2) is 29.4 Å². The van der Waals surface area contributed by atoms with Crippen molar-refractivity contribution in [1.82, 2.24) is 5.32 Å². The second kappa shape index (κ2) is 13.0. The molecule has 0 fully saturated rings. The summed E-state index contributed by atoms with van der Waals surface area (Å²) in [5.41, 5.74) is 7.54. The van der Waals surface area contributed by atoms with Crippen molar-refractivity contribution in [2.24, 2.45) is 5.10 Å². The average Bonchev–Trinajstić information content (AvgIpc) is 2.95. The first kappa shape index (κ1) is 25.7. The fourth-order valence-electron chi connectivity index (χ4n) is 4.04. The van der Waals surface area contributed by atoms with Gasteiger partial charge in [0.25, 0.3) is 0 Å². The molecule has 0 bridgehead atoms. The molecule has 0 radical (unpaired) electrons. The van der Waals surface area contributed by atoms with Gasteiger partial charge in [-0.25, -0.2) is 0 Å². The van der Waals surface area contributed by atoms with E-state index < -0.39 is 12.1 Å². The lowest BCUT2D eigenvalue weighted by atomic mass is 9.94. The molecule has 0 saturated carbocycles. The summed E-state index contributed by atoms with van der Waals surface area (Å²) < 4.78 is 5.45. The topological polar surface area (TPSA) is 83.0 Å². The van der Waals surface area contributed by atoms with Crippen molar-refractivity contribution in [3.05, 3.63) is 132 Å². The zero-order valence-corrected chi connectivity index (χ0v) is 20.7. The number of phenols is 1. The number of hydrogen-bond donors (Lipinski definition) is 3. The van der Waals surface area contributed by atoms with E-state index in [1.165, 1.54) is 0 Å². The number of aromatic hydroxyl groups is 1. The van der Waals surface area contributed by atoms with Gasteiger partial charge in [-0.1, -0.05) is 91.0 Å². The first-order valence-electron chi connectivity index (χ1n) is 12.3. The summed E-state index contributed by atoms with van der Waals surface area (Å²) >= 11 is 0. The van der Waals surface area contributed by atoms with E-state index in [9.17, 15) is 9.90 Å². The van der Waals surface area contributed by atoms with Gasteiger partial charge in [0.05, 0.1) is 24.0 Å². The smallest absolute Gasteiger partial charge is 0.323 e. The molecular weight excluding hydrogens is 462 g/mol. The molecule has 6 nitrogen and oxygen atoms in total. The molecule has 3 N–H and O–H groups in total. The van der Waals surface area contributed by atoms with Crippen molar-refractivity contribution < 1.29 is 14.6 Å². The van der Waals surface area contributed by atoms with Gasteiger partial charge in [0.1, 0.15) is 11.8 Å². The molecule has 0 unspecified atom stereocenters. The van der Waals surface area contributed by atoms with Crippen molar-refractivity contribution >= 4 is 17.4 Å². The molecular formula is C31H31N3O3. The van der Waals surface area contributed by atoms with Gasteiger partial charge < -0.3 is 9.84 Å². The molecule has 4 aromatic carbocycles. The Labute approximate surface area is 217 Å². The van der Waals surface area contributed by atoms with Crippen LogP contribution in [0.2, 0.25) is 0 Å². The monoisotopic (exact) mass is 493 g/mol. The standard InChI is InChI=1S/C31H31N3O3/c1-2-37-31(36)28(22-23-18-20-27(35)21-19-23)32-29(24-12-6-3-7-13-24)30(25-14-8-4-9-15-25)34-33-26-16-10-5-11-17-26/h3-21,28-29,32-33,35H,2,22H2,1H3/b34-30+/t28-,29-/m0/s1. The maximum Gasteiger partial charge on any atom is 0.323 e. The second-order valence-electron chi connectivity index (χ2n) is 8.53. The zero-order chi connectivity index (χ0) is 25.9. The number of rotatable bonds is 11. The van der Waals surface area contributed by atoms with Crippen molar-refractivity contribution in [3.63, 3.8) is 0 Å². The Bertz CT molecular complexity index is 1280. The first-order valence-corrected chi connectivity index (χ1v) is 12.3. The van der Waals surface area contributed by atoms with Crippen LogP contribution in [0.5, 0.6) is 5.75 Å². The Kier molecular flexibility index (Phi) is 9.05. The number of benzene rings is 4. The van der Waals surface area contributed by atoms with E-state index in [1.54, 1.807) is 19.1 Å². The van der Waals surface area contributed by atoms with Gasteiger partial charge in [0.2, 0.25) is 0 Å². The Morgan fingerprint density at radius 2 is 1.43 bits per heavy atom. The number of anilines is 1. The highest BCUT2D eigenvalue weighted by Crippen LogP contribution is 2.23. The SMILES string of the molecule is CCOC(=O)[C@H](Cc1ccc(O)cc1)N[C@H](/C(=N/Nc1ccccc1)c1ccccc1)c1ccccc1. The van der Waals surface area contributed by atoms with Crippen molar-refractivity contribution in [2.45, 2.75) is 25.4 Å². The third kappa shape index (κ3) is 7.29. The lowest BCUT2D eigenvalue weighted by molar-refractivity contribution is -0.145. The Morgan fingerprint density at radius 1 is 0.838 bits per heavy atom. The Morgan fingerprint density at radius 3 is 2.05 bits per heavy atom. The number of hydrazone groups is 1. The number of nitrogens with one attached hydrogen (secondary N) is 2. The van der Waals surface area contributed by atoms with Crippen molar-refractivity contribution in [1.29, 1.82) is 0 Å². The molecule has 0 aliphatic heterocycles. The van der Waals surface area contributed by atoms with Gasteiger partial charge in [-0.05, 0) is 54.3 Å². The van der Waals surface area contributed by atoms with Crippen LogP contribution in [0.15, 0.2) is 120 Å². The summed E-state index contributed by atoms with van der Waals surface area (Å²) in [6, 6.07) is 35.3. The fourth-order valence-corrected chi connectivity index (χ4v) is 4.04. The van der Waals surface area contributed by atoms with E-state index in [0.29, 0.717) is 6.42 Å². The highest BCUT2D eigenvalue weighted by molar-refractivity contribution is 6.05. The summed E-state index contributed by atoms with van der Waals surface area (Å²) in [5.74, 6) is -0.169. The summed E-state index contributed by atoms with van der Waals surface area (Å²) in [6.07, 6.45) is 0.386. The molecule has 6 heteroatoms. The minimum Gasteiger partial charge on any atom is -0.508 e. The molecule has 0 heterocycles. The third-order valence-corrected chi connectivity index (χ3v) is 5.87. The summed E-state index contributed by atoms with van der Waals surface area (Å²) in [7, 11) is 0. The van der Waals surface area contributed by atoms with Crippen LogP contribution >= 0.6 is 0 Å². The Hall–Kier alpha value is -4.42. The molecule has 0 saturated heterocycles. The van der Waals surface area contributed by atoms with E-state index in [4.69, 9.17) is 9.84 Å². The van der Waals surface area contributed by atoms with E-state index in [2.05, 4.69) is 10.7 Å². The lowest BCUT2D eigenvalue weighted by Gasteiger charge is -2.27. The number of phenolic OH excluding ortho intramolecular Hbond substituents is 1. The van der Waals surface area contributed by atoms with Gasteiger partial charge in [0, 0.05) is 0 Å². The van der Waals surface area contributed by atoms with E-state index in [0.717, 1.165) is 28.1 Å². The highest BCUT2D eigenvalue weighted by Gasteiger charge is 2.28. The molecule has 0 amide bonds. The van der Waals surface area contributed by atoms with Crippen LogP contribution in [-0.2, 0) is 16.0 Å². The maximum absolute atomic E-state index is 13.1. The third-order valence-electron chi connectivity index (χ3n) is 5.87. The van der Waals surface area contributed by atoms with Gasteiger partial charge in [-0.15, -0.1) is 0 Å². The lowest BCUT2D eigenvalue weighted by Crippen LogP contribution is -2.44. The van der Waals surface area contributed by atoms with E-state index in [1.807, 2.05) is 103 Å².